The van der Waals surface area contributed by atoms with E-state index in [2.05, 4.69) is 19.9 Å². The number of rotatable bonds is 3. The average Bonchev–Trinajstić information content (AvgIpc) is 2.35. The van der Waals surface area contributed by atoms with Crippen LogP contribution in [0.25, 0.3) is 10.8 Å². The third-order valence-electron chi connectivity index (χ3n) is 3.57. The molecule has 0 spiro atoms. The van der Waals surface area contributed by atoms with E-state index in [0.717, 1.165) is 21.9 Å². The zero-order chi connectivity index (χ0) is 15.1. The standard InChI is InChI=1S/C16H20O3S/c1-10(2)12-5-6-15-13(7-12)8-14(20(17,18)19)9-16(15)11(3)4/h5-11H,1-4H3,(H,17,18,19). The molecule has 0 atom stereocenters. The predicted molar refractivity (Wildman–Crippen MR) is 81.9 cm³/mol. The van der Waals surface area contributed by atoms with E-state index in [0.29, 0.717) is 5.92 Å². The van der Waals surface area contributed by atoms with Gasteiger partial charge in [0.05, 0.1) is 4.90 Å². The highest BCUT2D eigenvalue weighted by Crippen LogP contribution is 2.31. The van der Waals surface area contributed by atoms with Gasteiger partial charge in [-0.25, -0.2) is 0 Å². The van der Waals surface area contributed by atoms with Crippen LogP contribution in [0.15, 0.2) is 35.2 Å². The molecule has 1 N–H and O–H groups in total. The molecule has 0 aliphatic heterocycles. The smallest absolute Gasteiger partial charge is 0.282 e. The topological polar surface area (TPSA) is 54.4 Å². The molecule has 2 rings (SSSR count). The molecule has 0 amide bonds. The molecular weight excluding hydrogens is 272 g/mol. The van der Waals surface area contributed by atoms with Crippen molar-refractivity contribution >= 4 is 20.9 Å². The van der Waals surface area contributed by atoms with E-state index in [-0.39, 0.29) is 10.8 Å². The Morgan fingerprint density at radius 1 is 0.950 bits per heavy atom. The molecule has 0 aromatic heterocycles. The van der Waals surface area contributed by atoms with Gasteiger partial charge in [-0.15, -0.1) is 0 Å². The summed E-state index contributed by atoms with van der Waals surface area (Å²) in [6.07, 6.45) is 0. The van der Waals surface area contributed by atoms with Crippen molar-refractivity contribution < 1.29 is 13.0 Å². The summed E-state index contributed by atoms with van der Waals surface area (Å²) < 4.78 is 32.2. The van der Waals surface area contributed by atoms with Crippen molar-refractivity contribution in [3.8, 4) is 0 Å². The second kappa shape index (κ2) is 5.19. The molecule has 0 radical (unpaired) electrons. The van der Waals surface area contributed by atoms with Crippen LogP contribution in [0.3, 0.4) is 0 Å². The highest BCUT2D eigenvalue weighted by Gasteiger charge is 2.15. The lowest BCUT2D eigenvalue weighted by molar-refractivity contribution is 0.483. The molecule has 4 heteroatoms. The van der Waals surface area contributed by atoms with Crippen molar-refractivity contribution in [3.63, 3.8) is 0 Å². The van der Waals surface area contributed by atoms with Crippen molar-refractivity contribution in [1.82, 2.24) is 0 Å². The van der Waals surface area contributed by atoms with E-state index in [1.165, 1.54) is 0 Å². The first-order valence-corrected chi connectivity index (χ1v) is 8.19. The number of hydrogen-bond acceptors (Lipinski definition) is 2. The van der Waals surface area contributed by atoms with Gasteiger partial charge in [-0.2, -0.15) is 8.42 Å². The largest absolute Gasteiger partial charge is 0.294 e. The monoisotopic (exact) mass is 292 g/mol. The molecule has 0 saturated carbocycles. The van der Waals surface area contributed by atoms with Crippen LogP contribution in [0.2, 0.25) is 0 Å². The van der Waals surface area contributed by atoms with E-state index in [1.54, 1.807) is 12.1 Å². The third kappa shape index (κ3) is 2.86. The number of hydrogen-bond donors (Lipinski definition) is 1. The first kappa shape index (κ1) is 15.0. The zero-order valence-electron chi connectivity index (χ0n) is 12.2. The summed E-state index contributed by atoms with van der Waals surface area (Å²) in [6.45, 7) is 8.21. The Balaban J connectivity index is 2.82. The Labute approximate surface area is 120 Å². The molecular formula is C16H20O3S. The Bertz CT molecular complexity index is 744. The maximum Gasteiger partial charge on any atom is 0.294 e. The van der Waals surface area contributed by atoms with Crippen LogP contribution < -0.4 is 0 Å². The fourth-order valence-corrected chi connectivity index (χ4v) is 2.93. The van der Waals surface area contributed by atoms with E-state index in [9.17, 15) is 13.0 Å². The minimum Gasteiger partial charge on any atom is -0.282 e. The van der Waals surface area contributed by atoms with Gasteiger partial charge < -0.3 is 0 Å². The van der Waals surface area contributed by atoms with Crippen molar-refractivity contribution in [2.75, 3.05) is 0 Å². The SMILES string of the molecule is CC(C)c1ccc2c(C(C)C)cc(S(=O)(=O)O)cc2c1. The second-order valence-corrected chi connectivity index (χ2v) is 7.20. The molecule has 0 unspecified atom stereocenters. The highest BCUT2D eigenvalue weighted by atomic mass is 32.2. The maximum atomic E-state index is 11.4. The van der Waals surface area contributed by atoms with E-state index >= 15 is 0 Å². The summed E-state index contributed by atoms with van der Waals surface area (Å²) in [5.74, 6) is 0.556. The van der Waals surface area contributed by atoms with E-state index in [1.807, 2.05) is 26.0 Å². The molecule has 20 heavy (non-hydrogen) atoms. The summed E-state index contributed by atoms with van der Waals surface area (Å²) >= 11 is 0. The van der Waals surface area contributed by atoms with Crippen LogP contribution in [-0.4, -0.2) is 13.0 Å². The molecule has 108 valence electrons. The number of benzene rings is 2. The summed E-state index contributed by atoms with van der Waals surface area (Å²) in [7, 11) is -4.18. The van der Waals surface area contributed by atoms with Gasteiger partial charge in [-0.1, -0.05) is 45.9 Å². The molecule has 0 aliphatic carbocycles. The lowest BCUT2D eigenvalue weighted by Gasteiger charge is -2.14. The van der Waals surface area contributed by atoms with Crippen LogP contribution in [0.5, 0.6) is 0 Å². The highest BCUT2D eigenvalue weighted by molar-refractivity contribution is 7.85. The molecule has 2 aromatic carbocycles. The third-order valence-corrected chi connectivity index (χ3v) is 4.40. The quantitative estimate of drug-likeness (QED) is 0.856. The summed E-state index contributed by atoms with van der Waals surface area (Å²) in [5, 5.41) is 1.90. The van der Waals surface area contributed by atoms with Gasteiger partial charge in [0.1, 0.15) is 0 Å². The summed E-state index contributed by atoms with van der Waals surface area (Å²) in [4.78, 5) is -0.0328. The molecule has 2 aromatic rings. The van der Waals surface area contributed by atoms with Crippen molar-refractivity contribution in [3.05, 3.63) is 41.5 Å². The lowest BCUT2D eigenvalue weighted by atomic mass is 9.93. The maximum absolute atomic E-state index is 11.4. The fraction of sp³-hybridized carbons (Fsp3) is 0.375. The molecule has 0 bridgehead atoms. The molecule has 0 heterocycles. The van der Waals surface area contributed by atoms with Gasteiger partial charge in [0.25, 0.3) is 10.1 Å². The fourth-order valence-electron chi connectivity index (χ4n) is 2.38. The zero-order valence-corrected chi connectivity index (χ0v) is 13.0. The Morgan fingerprint density at radius 2 is 1.60 bits per heavy atom. The number of fused-ring (bicyclic) bond motifs is 1. The molecule has 3 nitrogen and oxygen atoms in total. The van der Waals surface area contributed by atoms with Crippen LogP contribution >= 0.6 is 0 Å². The van der Waals surface area contributed by atoms with Gasteiger partial charge >= 0.3 is 0 Å². The van der Waals surface area contributed by atoms with Crippen molar-refractivity contribution in [1.29, 1.82) is 0 Å². The van der Waals surface area contributed by atoms with Crippen molar-refractivity contribution in [2.24, 2.45) is 0 Å². The van der Waals surface area contributed by atoms with Crippen molar-refractivity contribution in [2.45, 2.75) is 44.4 Å². The second-order valence-electron chi connectivity index (χ2n) is 5.78. The molecule has 0 saturated heterocycles. The molecule has 0 aliphatic rings. The normalized spacial score (nSPS) is 12.6. The van der Waals surface area contributed by atoms with Crippen LogP contribution in [0, 0.1) is 0 Å². The minimum atomic E-state index is -4.18. The predicted octanol–water partition coefficient (Wildman–Crippen LogP) is 4.33. The summed E-state index contributed by atoms with van der Waals surface area (Å²) in [5.41, 5.74) is 2.09. The van der Waals surface area contributed by atoms with Crippen LogP contribution in [0.4, 0.5) is 0 Å². The van der Waals surface area contributed by atoms with E-state index < -0.39 is 10.1 Å². The summed E-state index contributed by atoms with van der Waals surface area (Å²) in [6, 6.07) is 9.22. The average molecular weight is 292 g/mol. The minimum absolute atomic E-state index is 0.0328. The van der Waals surface area contributed by atoms with Gasteiger partial charge in [0.15, 0.2) is 0 Å². The van der Waals surface area contributed by atoms with Gasteiger partial charge in [-0.3, -0.25) is 4.55 Å². The Kier molecular flexibility index (Phi) is 3.89. The van der Waals surface area contributed by atoms with Crippen LogP contribution in [0.1, 0.15) is 50.7 Å². The lowest BCUT2D eigenvalue weighted by Crippen LogP contribution is -2.01. The molecule has 0 fully saturated rings. The van der Waals surface area contributed by atoms with Gasteiger partial charge in [0, 0.05) is 0 Å². The Morgan fingerprint density at radius 3 is 2.10 bits per heavy atom. The first-order valence-electron chi connectivity index (χ1n) is 6.75. The first-order chi connectivity index (χ1) is 9.20. The Hall–Kier alpha value is -1.39. The van der Waals surface area contributed by atoms with Gasteiger partial charge in [-0.05, 0) is 45.9 Å². The van der Waals surface area contributed by atoms with Gasteiger partial charge in [0.2, 0.25) is 0 Å². The van der Waals surface area contributed by atoms with E-state index in [4.69, 9.17) is 0 Å². The van der Waals surface area contributed by atoms with Crippen LogP contribution in [-0.2, 0) is 10.1 Å².